The van der Waals surface area contributed by atoms with Crippen LogP contribution in [0.3, 0.4) is 0 Å². The summed E-state index contributed by atoms with van der Waals surface area (Å²) in [4.78, 5) is 4.12. The molecule has 0 fully saturated rings. The zero-order valence-corrected chi connectivity index (χ0v) is 18.8. The van der Waals surface area contributed by atoms with Gasteiger partial charge in [-0.25, -0.2) is 4.98 Å². The molecule has 0 radical (unpaired) electrons. The van der Waals surface area contributed by atoms with Crippen LogP contribution in [0.4, 0.5) is 0 Å². The Hall–Kier alpha value is -1.55. The van der Waals surface area contributed by atoms with Crippen molar-refractivity contribution in [1.82, 2.24) is 4.98 Å². The molecule has 0 atom stereocenters. The number of rotatable bonds is 18. The molecular weight excluding hydrogens is 454 g/mol. The number of aromatic nitrogens is 1. The molecule has 0 saturated carbocycles. The highest BCUT2D eigenvalue weighted by molar-refractivity contribution is 9.10. The van der Waals surface area contributed by atoms with Crippen molar-refractivity contribution < 1.29 is 28.4 Å². The molecule has 0 spiro atoms. The Morgan fingerprint density at radius 2 is 1.13 bits per heavy atom. The fourth-order valence-corrected chi connectivity index (χ4v) is 2.53. The van der Waals surface area contributed by atoms with Gasteiger partial charge < -0.3 is 28.4 Å². The maximum Gasteiger partial charge on any atom is 0.213 e. The summed E-state index contributed by atoms with van der Waals surface area (Å²) < 4.78 is 33.7. The van der Waals surface area contributed by atoms with E-state index < -0.39 is 0 Å². The van der Waals surface area contributed by atoms with Crippen LogP contribution in [0.15, 0.2) is 53.1 Å². The van der Waals surface area contributed by atoms with E-state index in [9.17, 15) is 0 Å². The summed E-state index contributed by atoms with van der Waals surface area (Å²) in [6.45, 7) is 5.88. The molecular formula is C22H30BrNO6. The molecule has 2 aromatic rings. The van der Waals surface area contributed by atoms with E-state index in [1.165, 1.54) is 0 Å². The molecule has 1 aromatic carbocycles. The van der Waals surface area contributed by atoms with E-state index in [-0.39, 0.29) is 0 Å². The first-order valence-corrected chi connectivity index (χ1v) is 10.8. The van der Waals surface area contributed by atoms with E-state index in [2.05, 4.69) is 20.9 Å². The van der Waals surface area contributed by atoms with Gasteiger partial charge in [0, 0.05) is 16.7 Å². The first-order chi connectivity index (χ1) is 14.8. The fourth-order valence-electron chi connectivity index (χ4n) is 2.30. The van der Waals surface area contributed by atoms with Crippen LogP contribution in [0, 0.1) is 0 Å². The van der Waals surface area contributed by atoms with Crippen molar-refractivity contribution in [2.45, 2.75) is 6.61 Å². The van der Waals surface area contributed by atoms with Crippen molar-refractivity contribution in [2.75, 3.05) is 66.1 Å². The molecule has 0 aliphatic rings. The maximum absolute atomic E-state index is 5.54. The average Bonchev–Trinajstić information content (AvgIpc) is 2.78. The van der Waals surface area contributed by atoms with Gasteiger partial charge in [0.15, 0.2) is 0 Å². The van der Waals surface area contributed by atoms with E-state index in [0.29, 0.717) is 78.6 Å². The largest absolute Gasteiger partial charge is 0.475 e. The second kappa shape index (κ2) is 17.2. The molecule has 0 aliphatic heterocycles. The Morgan fingerprint density at radius 3 is 1.67 bits per heavy atom. The van der Waals surface area contributed by atoms with Gasteiger partial charge in [-0.05, 0) is 27.6 Å². The van der Waals surface area contributed by atoms with Crippen LogP contribution < -0.4 is 4.74 Å². The lowest BCUT2D eigenvalue weighted by molar-refractivity contribution is -0.0140. The minimum Gasteiger partial charge on any atom is -0.475 e. The highest BCUT2D eigenvalue weighted by Gasteiger charge is 1.97. The molecule has 7 nitrogen and oxygen atoms in total. The van der Waals surface area contributed by atoms with Gasteiger partial charge in [-0.2, -0.15) is 0 Å². The summed E-state index contributed by atoms with van der Waals surface area (Å²) in [5, 5.41) is 0. The smallest absolute Gasteiger partial charge is 0.213 e. The number of nitrogens with zero attached hydrogens (tertiary/aromatic N) is 1. The number of ether oxygens (including phenoxy) is 6. The molecule has 1 heterocycles. The average molecular weight is 484 g/mol. The molecule has 0 unspecified atom stereocenters. The van der Waals surface area contributed by atoms with Crippen LogP contribution in [-0.2, 0) is 30.3 Å². The molecule has 0 aliphatic carbocycles. The summed E-state index contributed by atoms with van der Waals surface area (Å²) in [6, 6.07) is 13.8. The lowest BCUT2D eigenvalue weighted by Crippen LogP contribution is -2.14. The summed E-state index contributed by atoms with van der Waals surface area (Å²) >= 11 is 3.33. The van der Waals surface area contributed by atoms with Gasteiger partial charge in [-0.3, -0.25) is 0 Å². The van der Waals surface area contributed by atoms with Crippen LogP contribution >= 0.6 is 15.9 Å². The quantitative estimate of drug-likeness (QED) is 0.300. The molecule has 166 valence electrons. The standard InChI is InChI=1S/C22H30BrNO6/c23-21-6-7-22(24-18-21)30-17-16-28-13-12-26-9-8-25-10-11-27-14-15-29-19-20-4-2-1-3-5-20/h1-7,18H,8-17,19H2. The summed E-state index contributed by atoms with van der Waals surface area (Å²) in [7, 11) is 0. The SMILES string of the molecule is Brc1ccc(OCCOCCOCCOCCOCCOCc2ccccc2)nc1. The summed E-state index contributed by atoms with van der Waals surface area (Å²) in [5.41, 5.74) is 1.16. The van der Waals surface area contributed by atoms with Crippen LogP contribution in [0.25, 0.3) is 0 Å². The maximum atomic E-state index is 5.54. The predicted octanol–water partition coefficient (Wildman–Crippen LogP) is 3.51. The topological polar surface area (TPSA) is 68.3 Å². The van der Waals surface area contributed by atoms with Crippen molar-refractivity contribution in [2.24, 2.45) is 0 Å². The molecule has 8 heteroatoms. The van der Waals surface area contributed by atoms with Crippen LogP contribution in [-0.4, -0.2) is 71.1 Å². The van der Waals surface area contributed by atoms with Gasteiger partial charge in [0.25, 0.3) is 0 Å². The van der Waals surface area contributed by atoms with Crippen molar-refractivity contribution in [3.63, 3.8) is 0 Å². The third-order valence-corrected chi connectivity index (χ3v) is 4.25. The van der Waals surface area contributed by atoms with Crippen molar-refractivity contribution in [3.05, 3.63) is 58.7 Å². The van der Waals surface area contributed by atoms with Gasteiger partial charge in [0.1, 0.15) is 6.61 Å². The van der Waals surface area contributed by atoms with E-state index in [0.717, 1.165) is 10.0 Å². The third-order valence-electron chi connectivity index (χ3n) is 3.78. The number of hydrogen-bond donors (Lipinski definition) is 0. The lowest BCUT2D eigenvalue weighted by atomic mass is 10.2. The number of benzene rings is 1. The zero-order chi connectivity index (χ0) is 21.1. The zero-order valence-electron chi connectivity index (χ0n) is 17.2. The normalized spacial score (nSPS) is 11.0. The Morgan fingerprint density at radius 1 is 0.600 bits per heavy atom. The predicted molar refractivity (Wildman–Crippen MR) is 117 cm³/mol. The van der Waals surface area contributed by atoms with Crippen LogP contribution in [0.5, 0.6) is 5.88 Å². The first-order valence-electron chi connectivity index (χ1n) is 10.0. The number of pyridine rings is 1. The molecule has 0 N–H and O–H groups in total. The molecule has 30 heavy (non-hydrogen) atoms. The van der Waals surface area contributed by atoms with Crippen LogP contribution in [0.2, 0.25) is 0 Å². The minimum atomic E-state index is 0.453. The third kappa shape index (κ3) is 12.9. The number of halogens is 1. The van der Waals surface area contributed by atoms with Crippen molar-refractivity contribution in [3.8, 4) is 5.88 Å². The van der Waals surface area contributed by atoms with E-state index in [1.807, 2.05) is 36.4 Å². The highest BCUT2D eigenvalue weighted by atomic mass is 79.9. The van der Waals surface area contributed by atoms with E-state index >= 15 is 0 Å². The summed E-state index contributed by atoms with van der Waals surface area (Å²) in [6.07, 6.45) is 1.69. The molecule has 0 saturated heterocycles. The highest BCUT2D eigenvalue weighted by Crippen LogP contribution is 2.11. The Labute approximate surface area is 186 Å². The van der Waals surface area contributed by atoms with Gasteiger partial charge in [-0.15, -0.1) is 0 Å². The minimum absolute atomic E-state index is 0.453. The van der Waals surface area contributed by atoms with Gasteiger partial charge >= 0.3 is 0 Å². The molecule has 2 rings (SSSR count). The van der Waals surface area contributed by atoms with Crippen molar-refractivity contribution >= 4 is 15.9 Å². The molecule has 0 bridgehead atoms. The Bertz CT molecular complexity index is 644. The Kier molecular flexibility index (Phi) is 14.1. The second-order valence-electron chi connectivity index (χ2n) is 6.15. The van der Waals surface area contributed by atoms with Gasteiger partial charge in [-0.1, -0.05) is 30.3 Å². The molecule has 1 aromatic heterocycles. The van der Waals surface area contributed by atoms with Crippen LogP contribution in [0.1, 0.15) is 5.56 Å². The van der Waals surface area contributed by atoms with Crippen molar-refractivity contribution in [1.29, 1.82) is 0 Å². The first kappa shape index (κ1) is 24.7. The second-order valence-corrected chi connectivity index (χ2v) is 7.07. The number of hydrogen-bond acceptors (Lipinski definition) is 7. The fraction of sp³-hybridized carbons (Fsp3) is 0.500. The molecule has 0 amide bonds. The van der Waals surface area contributed by atoms with Gasteiger partial charge in [0.2, 0.25) is 5.88 Å². The summed E-state index contributed by atoms with van der Waals surface area (Å²) in [5.74, 6) is 0.582. The monoisotopic (exact) mass is 483 g/mol. The van der Waals surface area contributed by atoms with Gasteiger partial charge in [0.05, 0.1) is 66.1 Å². The Balaban J connectivity index is 1.25. The van der Waals surface area contributed by atoms with E-state index in [1.54, 1.807) is 12.3 Å². The lowest BCUT2D eigenvalue weighted by Gasteiger charge is -2.08. The van der Waals surface area contributed by atoms with E-state index in [4.69, 9.17) is 28.4 Å².